The summed E-state index contributed by atoms with van der Waals surface area (Å²) >= 11 is 6.15. The van der Waals surface area contributed by atoms with Crippen molar-refractivity contribution in [1.29, 1.82) is 0 Å². The van der Waals surface area contributed by atoms with Crippen molar-refractivity contribution in [3.63, 3.8) is 0 Å². The Bertz CT molecular complexity index is 1450. The molecule has 272 valence electrons. The Hall–Kier alpha value is -3.91. The maximum atomic E-state index is 13.3. The Morgan fingerprint density at radius 2 is 1.38 bits per heavy atom. The molecule has 0 saturated carbocycles. The van der Waals surface area contributed by atoms with Crippen molar-refractivity contribution in [3.8, 4) is 5.75 Å². The number of benzene rings is 2. The number of likely N-dealkylation sites (tertiary alicyclic amines) is 2. The van der Waals surface area contributed by atoms with Crippen molar-refractivity contribution in [2.75, 3.05) is 64.8 Å². The van der Waals surface area contributed by atoms with E-state index in [0.29, 0.717) is 18.7 Å². The lowest BCUT2D eigenvalue weighted by Gasteiger charge is -2.26. The molecule has 0 aromatic heterocycles. The fraction of sp³-hybridized carbons (Fsp3) is 0.556. The largest absolute Gasteiger partial charge is 0.495 e. The molecule has 2 heterocycles. The van der Waals surface area contributed by atoms with Crippen molar-refractivity contribution in [1.82, 2.24) is 20.4 Å². The van der Waals surface area contributed by atoms with E-state index < -0.39 is 17.7 Å². The van der Waals surface area contributed by atoms with E-state index in [2.05, 4.69) is 36.0 Å². The molecule has 0 bridgehead atoms. The number of Topliss-reactive ketones (excluding diaryl/α,β-unsaturated/α-hetero) is 1. The predicted molar refractivity (Wildman–Crippen MR) is 192 cm³/mol. The molecule has 50 heavy (non-hydrogen) atoms. The monoisotopic (exact) mass is 711 g/mol. The first-order valence-electron chi connectivity index (χ1n) is 17.5. The third kappa shape index (κ3) is 11.9. The third-order valence-electron chi connectivity index (χ3n) is 8.93. The van der Waals surface area contributed by atoms with E-state index in [1.165, 1.54) is 82.9 Å². The minimum atomic E-state index is -1.55. The number of piperidine rings is 2. The van der Waals surface area contributed by atoms with E-state index in [1.54, 1.807) is 0 Å². The number of ketones is 1. The van der Waals surface area contributed by atoms with Gasteiger partial charge in [0.25, 0.3) is 17.7 Å². The number of hydrogen-bond acceptors (Lipinski definition) is 10. The summed E-state index contributed by atoms with van der Waals surface area (Å²) in [5.74, 6) is -1.89. The summed E-state index contributed by atoms with van der Waals surface area (Å²) in [5.41, 5.74) is 1.09. The zero-order valence-corrected chi connectivity index (χ0v) is 29.9. The average Bonchev–Trinajstić information content (AvgIpc) is 3.12. The quantitative estimate of drug-likeness (QED) is 0.104. The Balaban J connectivity index is 1.48. The number of carbonyl (C=O) groups is 4. The molecular formula is C36H50ClN7O6. The molecule has 13 nitrogen and oxygen atoms in total. The zero-order valence-electron chi connectivity index (χ0n) is 29.1. The molecule has 2 aliphatic heterocycles. The summed E-state index contributed by atoms with van der Waals surface area (Å²) in [4.78, 5) is 57.1. The van der Waals surface area contributed by atoms with E-state index >= 15 is 0 Å². The molecule has 0 spiro atoms. The third-order valence-corrected chi connectivity index (χ3v) is 9.28. The van der Waals surface area contributed by atoms with E-state index in [4.69, 9.17) is 16.3 Å². The van der Waals surface area contributed by atoms with Crippen LogP contribution in [0.2, 0.25) is 5.02 Å². The number of amides is 3. The molecule has 2 saturated heterocycles. The van der Waals surface area contributed by atoms with E-state index in [-0.39, 0.29) is 51.7 Å². The van der Waals surface area contributed by atoms with Gasteiger partial charge in [0.2, 0.25) is 6.04 Å². The molecule has 3 amide bonds. The number of ether oxygens (including phenoxy) is 1. The summed E-state index contributed by atoms with van der Waals surface area (Å²) in [5, 5.41) is 26.5. The van der Waals surface area contributed by atoms with Crippen LogP contribution in [-0.2, 0) is 16.2 Å². The van der Waals surface area contributed by atoms with E-state index in [0.717, 1.165) is 52.1 Å². The van der Waals surface area contributed by atoms with Crippen molar-refractivity contribution >= 4 is 46.5 Å². The molecule has 0 radical (unpaired) electrons. The van der Waals surface area contributed by atoms with Gasteiger partial charge in [0, 0.05) is 35.3 Å². The molecule has 1 unspecified atom stereocenters. The molecule has 2 aromatic rings. The first-order valence-corrected chi connectivity index (χ1v) is 17.9. The van der Waals surface area contributed by atoms with Crippen LogP contribution in [0.4, 0.5) is 11.4 Å². The standard InChI is InChI=1S/C36H50ClN7O6/c1-25(46)33(36(49)40-31-22-28(24-45)30(37)23-32(31)50-2)42-41-29-20-26(34(47)38-11-9-17-43-13-5-3-6-14-43)19-27(21-29)35(48)39-12-10-18-44-15-7-4-8-16-44/h19-23,33,45H,3-18,24H2,1-2H3,(H,38,47)(H,39,48)(H,40,49). The second-order valence-electron chi connectivity index (χ2n) is 12.8. The van der Waals surface area contributed by atoms with Gasteiger partial charge in [-0.1, -0.05) is 24.4 Å². The lowest BCUT2D eigenvalue weighted by atomic mass is 10.1. The van der Waals surface area contributed by atoms with Gasteiger partial charge in [-0.3, -0.25) is 19.2 Å². The van der Waals surface area contributed by atoms with Gasteiger partial charge in [-0.25, -0.2) is 0 Å². The summed E-state index contributed by atoms with van der Waals surface area (Å²) in [7, 11) is 1.39. The van der Waals surface area contributed by atoms with Crippen LogP contribution in [0.25, 0.3) is 0 Å². The van der Waals surface area contributed by atoms with Gasteiger partial charge >= 0.3 is 0 Å². The summed E-state index contributed by atoms with van der Waals surface area (Å²) in [6, 6.07) is 5.80. The first kappa shape index (κ1) is 38.9. The Kier molecular flexibility index (Phi) is 15.6. The number of nitrogens with zero attached hydrogens (tertiary/aromatic N) is 4. The normalized spacial score (nSPS) is 16.2. The topological polar surface area (TPSA) is 165 Å². The number of methoxy groups -OCH3 is 1. The van der Waals surface area contributed by atoms with Crippen molar-refractivity contribution in [2.45, 2.75) is 70.9 Å². The molecule has 0 aliphatic carbocycles. The smallest absolute Gasteiger partial charge is 0.258 e. The van der Waals surface area contributed by atoms with Crippen LogP contribution in [0.1, 0.15) is 84.6 Å². The lowest BCUT2D eigenvalue weighted by Crippen LogP contribution is -2.33. The first-order chi connectivity index (χ1) is 24.2. The highest BCUT2D eigenvalue weighted by Gasteiger charge is 2.25. The van der Waals surface area contributed by atoms with Crippen LogP contribution in [0.3, 0.4) is 0 Å². The van der Waals surface area contributed by atoms with Crippen molar-refractivity contribution < 1.29 is 29.0 Å². The van der Waals surface area contributed by atoms with Crippen LogP contribution in [0, 0.1) is 0 Å². The number of aliphatic hydroxyl groups excluding tert-OH is 1. The molecule has 2 fully saturated rings. The van der Waals surface area contributed by atoms with Gasteiger partial charge < -0.3 is 35.6 Å². The Labute approximate surface area is 299 Å². The van der Waals surface area contributed by atoms with Crippen LogP contribution < -0.4 is 20.7 Å². The Morgan fingerprint density at radius 3 is 1.86 bits per heavy atom. The summed E-state index contributed by atoms with van der Waals surface area (Å²) in [6.45, 7) is 7.88. The molecule has 4 N–H and O–H groups in total. The zero-order chi connectivity index (χ0) is 35.9. The number of nitrogens with one attached hydrogen (secondary N) is 3. The molecule has 2 aliphatic rings. The molecule has 1 atom stereocenters. The van der Waals surface area contributed by atoms with Gasteiger partial charge in [0.1, 0.15) is 5.75 Å². The highest BCUT2D eigenvalue weighted by Crippen LogP contribution is 2.32. The molecule has 2 aromatic carbocycles. The van der Waals surface area contributed by atoms with Gasteiger partial charge in [-0.05, 0) is 115 Å². The second-order valence-corrected chi connectivity index (χ2v) is 13.2. The number of anilines is 1. The fourth-order valence-electron chi connectivity index (χ4n) is 6.14. The van der Waals surface area contributed by atoms with Crippen molar-refractivity contribution in [2.24, 2.45) is 10.2 Å². The second kappa shape index (κ2) is 20.1. The van der Waals surface area contributed by atoms with Crippen LogP contribution in [0.5, 0.6) is 5.75 Å². The SMILES string of the molecule is COc1cc(Cl)c(CO)cc1NC(=O)C(N=Nc1cc(C(=O)NCCCN2CCCCC2)cc(C(=O)NCCCN2CCCCC2)c1)C(C)=O. The number of hydrogen-bond donors (Lipinski definition) is 4. The van der Waals surface area contributed by atoms with Crippen LogP contribution in [0.15, 0.2) is 40.6 Å². The molecule has 14 heteroatoms. The molecule has 4 rings (SSSR count). The summed E-state index contributed by atoms with van der Waals surface area (Å²) in [6.07, 6.45) is 8.90. The number of carbonyl (C=O) groups excluding carboxylic acids is 4. The van der Waals surface area contributed by atoms with Crippen LogP contribution >= 0.6 is 11.6 Å². The fourth-order valence-corrected chi connectivity index (χ4v) is 6.36. The minimum absolute atomic E-state index is 0.134. The highest BCUT2D eigenvalue weighted by molar-refractivity contribution is 6.31. The Morgan fingerprint density at radius 1 is 0.840 bits per heavy atom. The predicted octanol–water partition coefficient (Wildman–Crippen LogP) is 4.73. The van der Waals surface area contributed by atoms with Gasteiger partial charge in [-0.2, -0.15) is 10.2 Å². The number of aliphatic hydroxyl groups is 1. The van der Waals surface area contributed by atoms with Crippen molar-refractivity contribution in [3.05, 3.63) is 52.0 Å². The number of rotatable bonds is 17. The van der Waals surface area contributed by atoms with E-state index in [9.17, 15) is 24.3 Å². The maximum absolute atomic E-state index is 13.3. The number of azo groups is 1. The summed E-state index contributed by atoms with van der Waals surface area (Å²) < 4.78 is 5.30. The number of halogens is 1. The van der Waals surface area contributed by atoms with Crippen LogP contribution in [-0.4, -0.2) is 104 Å². The van der Waals surface area contributed by atoms with Gasteiger partial charge in [0.05, 0.1) is 25.1 Å². The molecular weight excluding hydrogens is 662 g/mol. The lowest BCUT2D eigenvalue weighted by molar-refractivity contribution is -0.126. The van der Waals surface area contributed by atoms with Gasteiger partial charge in [0.15, 0.2) is 5.78 Å². The maximum Gasteiger partial charge on any atom is 0.258 e. The minimum Gasteiger partial charge on any atom is -0.495 e. The van der Waals surface area contributed by atoms with E-state index in [1.807, 2.05) is 0 Å². The highest BCUT2D eigenvalue weighted by atomic mass is 35.5. The van der Waals surface area contributed by atoms with Gasteiger partial charge in [-0.15, -0.1) is 0 Å². The average molecular weight is 712 g/mol.